The van der Waals surface area contributed by atoms with Crippen LogP contribution in [0.2, 0.25) is 0 Å². The Bertz CT molecular complexity index is 1670. The van der Waals surface area contributed by atoms with E-state index < -0.39 is 11.7 Å². The lowest BCUT2D eigenvalue weighted by molar-refractivity contribution is -0.137. The van der Waals surface area contributed by atoms with Crippen LogP contribution in [0.3, 0.4) is 0 Å². The van der Waals surface area contributed by atoms with Gasteiger partial charge in [0.15, 0.2) is 5.78 Å². The number of anilines is 1. The number of cyclic esters (lactones) is 1. The Morgan fingerprint density at radius 3 is 2.66 bits per heavy atom. The highest BCUT2D eigenvalue weighted by molar-refractivity contribution is 5.98. The second-order valence-corrected chi connectivity index (χ2v) is 10.1. The minimum Gasteiger partial charge on any atom is -0.440 e. The molecule has 4 aromatic rings. The molecule has 0 spiro atoms. The zero-order valence-electron chi connectivity index (χ0n) is 21.7. The topological polar surface area (TPSA) is 116 Å². The van der Waals surface area contributed by atoms with Gasteiger partial charge in [-0.2, -0.15) is 13.2 Å². The molecule has 6 rings (SSSR count). The average Bonchev–Trinajstić information content (AvgIpc) is 3.51. The first kappa shape index (κ1) is 26.5. The molecule has 1 amide bonds. The summed E-state index contributed by atoms with van der Waals surface area (Å²) >= 11 is 0. The van der Waals surface area contributed by atoms with Crippen molar-refractivity contribution in [1.82, 2.24) is 24.3 Å². The number of fused-ring (bicyclic) bond motifs is 2. The first-order valence-electron chi connectivity index (χ1n) is 13.0. The molecule has 0 radical (unpaired) electrons. The minimum atomic E-state index is -4.52. The zero-order chi connectivity index (χ0) is 28.9. The number of ether oxygens (including phenoxy) is 1. The number of nitrogen functional groups attached to an aromatic ring is 1. The highest BCUT2D eigenvalue weighted by Crippen LogP contribution is 2.38. The van der Waals surface area contributed by atoms with Crippen LogP contribution < -0.4 is 5.73 Å². The summed E-state index contributed by atoms with van der Waals surface area (Å²) in [6.45, 7) is 4.21. The highest BCUT2D eigenvalue weighted by atomic mass is 19.4. The number of pyridine rings is 1. The van der Waals surface area contributed by atoms with E-state index in [1.54, 1.807) is 47.6 Å². The van der Waals surface area contributed by atoms with Gasteiger partial charge in [0.2, 0.25) is 0 Å². The van der Waals surface area contributed by atoms with Crippen LogP contribution in [0.25, 0.3) is 16.8 Å². The summed E-state index contributed by atoms with van der Waals surface area (Å²) in [5.41, 5.74) is 7.64. The Hall–Kier alpha value is -4.74. The SMILES string of the molecule is C=C[C@@H]1OC(=O)N2C[C@H](c3nc(-c4ccc(C(=O)Cc5cc(C(F)(F)F)ccn5)cc4)c4c(N)nccn34)CC[C@@H]12. The first-order chi connectivity index (χ1) is 19.6. The largest absolute Gasteiger partial charge is 0.440 e. The van der Waals surface area contributed by atoms with Crippen molar-refractivity contribution < 1.29 is 27.5 Å². The molecule has 2 saturated heterocycles. The van der Waals surface area contributed by atoms with Gasteiger partial charge >= 0.3 is 12.3 Å². The molecule has 12 heteroatoms. The van der Waals surface area contributed by atoms with Gasteiger partial charge < -0.3 is 15.4 Å². The van der Waals surface area contributed by atoms with E-state index in [9.17, 15) is 22.8 Å². The van der Waals surface area contributed by atoms with Gasteiger partial charge in [-0.05, 0) is 31.1 Å². The van der Waals surface area contributed by atoms with Crippen molar-refractivity contribution in [1.29, 1.82) is 0 Å². The molecule has 5 heterocycles. The van der Waals surface area contributed by atoms with Crippen molar-refractivity contribution in [3.05, 3.63) is 90.3 Å². The van der Waals surface area contributed by atoms with Crippen LogP contribution in [0, 0.1) is 0 Å². The minimum absolute atomic E-state index is 0.0357. The van der Waals surface area contributed by atoms with Crippen LogP contribution in [0.15, 0.2) is 67.6 Å². The third kappa shape index (κ3) is 4.79. The fraction of sp³-hybridized carbons (Fsp3) is 0.276. The van der Waals surface area contributed by atoms with E-state index in [1.807, 2.05) is 4.40 Å². The van der Waals surface area contributed by atoms with Crippen LogP contribution >= 0.6 is 0 Å². The van der Waals surface area contributed by atoms with E-state index >= 15 is 0 Å². The molecule has 3 atom stereocenters. The number of piperidine rings is 1. The maximum absolute atomic E-state index is 13.0. The summed E-state index contributed by atoms with van der Waals surface area (Å²) in [5, 5.41) is 0. The van der Waals surface area contributed by atoms with Gasteiger partial charge in [-0.25, -0.2) is 14.8 Å². The van der Waals surface area contributed by atoms with Gasteiger partial charge in [-0.1, -0.05) is 30.8 Å². The summed E-state index contributed by atoms with van der Waals surface area (Å²) in [6.07, 6.45) is 2.09. The summed E-state index contributed by atoms with van der Waals surface area (Å²) in [5.74, 6) is 0.560. The average molecular weight is 563 g/mol. The van der Waals surface area contributed by atoms with Gasteiger partial charge in [-0.3, -0.25) is 14.2 Å². The molecule has 2 aliphatic rings. The van der Waals surface area contributed by atoms with E-state index in [2.05, 4.69) is 16.5 Å². The number of nitrogens with two attached hydrogens (primary N) is 1. The lowest BCUT2D eigenvalue weighted by atomic mass is 9.90. The van der Waals surface area contributed by atoms with Gasteiger partial charge in [-0.15, -0.1) is 0 Å². The van der Waals surface area contributed by atoms with Crippen molar-refractivity contribution in [2.45, 2.75) is 43.5 Å². The molecular formula is C29H25F3N6O3. The molecule has 41 heavy (non-hydrogen) atoms. The van der Waals surface area contributed by atoms with Crippen LogP contribution in [-0.2, 0) is 17.3 Å². The number of carbonyl (C=O) groups is 2. The molecule has 3 aromatic heterocycles. The van der Waals surface area contributed by atoms with E-state index in [4.69, 9.17) is 15.5 Å². The first-order valence-corrected chi connectivity index (χ1v) is 13.0. The summed E-state index contributed by atoms with van der Waals surface area (Å²) in [7, 11) is 0. The fourth-order valence-electron chi connectivity index (χ4n) is 5.63. The summed E-state index contributed by atoms with van der Waals surface area (Å²) in [6, 6.07) is 8.34. The van der Waals surface area contributed by atoms with Gasteiger partial charge in [0.05, 0.1) is 18.0 Å². The molecule has 210 valence electrons. The molecule has 0 aliphatic carbocycles. The second kappa shape index (κ2) is 10.0. The standard InChI is InChI=1S/C29H25F3N6O3/c1-2-23-21-8-7-18(15-38(21)28(40)41-23)27-36-24(25-26(33)35-11-12-37(25)27)17-5-3-16(4-6-17)22(39)14-20-13-19(9-10-34-20)29(30,31)32/h2-6,9-13,18,21,23H,1,7-8,14-15H2,(H2,33,35)/t18-,21+,23+/m1/s1. The van der Waals surface area contributed by atoms with Gasteiger partial charge in [0.25, 0.3) is 0 Å². The van der Waals surface area contributed by atoms with Crippen LogP contribution in [0.4, 0.5) is 23.8 Å². The molecule has 9 nitrogen and oxygen atoms in total. The van der Waals surface area contributed by atoms with Gasteiger partial charge in [0.1, 0.15) is 29.0 Å². The lowest BCUT2D eigenvalue weighted by Gasteiger charge is -2.33. The van der Waals surface area contributed by atoms with Crippen molar-refractivity contribution in [2.24, 2.45) is 0 Å². The Kier molecular flexibility index (Phi) is 6.47. The van der Waals surface area contributed by atoms with Crippen molar-refractivity contribution in [2.75, 3.05) is 12.3 Å². The number of aromatic nitrogens is 4. The lowest BCUT2D eigenvalue weighted by Crippen LogP contribution is -2.43. The van der Waals surface area contributed by atoms with Crippen molar-refractivity contribution in [3.63, 3.8) is 0 Å². The second-order valence-electron chi connectivity index (χ2n) is 10.1. The molecule has 2 N–H and O–H groups in total. The third-order valence-corrected chi connectivity index (χ3v) is 7.65. The third-order valence-electron chi connectivity index (χ3n) is 7.65. The van der Waals surface area contributed by atoms with E-state index in [1.165, 1.54) is 0 Å². The molecule has 1 aromatic carbocycles. The number of benzene rings is 1. The normalized spacial score (nSPS) is 20.6. The highest BCUT2D eigenvalue weighted by Gasteiger charge is 2.45. The van der Waals surface area contributed by atoms with E-state index in [-0.39, 0.29) is 47.9 Å². The Labute approximate surface area is 232 Å². The predicted octanol–water partition coefficient (Wildman–Crippen LogP) is 5.07. The number of ketones is 1. The number of hydrogen-bond acceptors (Lipinski definition) is 7. The maximum Gasteiger partial charge on any atom is 0.416 e. The maximum atomic E-state index is 13.0. The number of imidazole rings is 1. The van der Waals surface area contributed by atoms with Gasteiger partial charge in [0, 0.05) is 47.9 Å². The van der Waals surface area contributed by atoms with Crippen LogP contribution in [0.5, 0.6) is 0 Å². The number of rotatable bonds is 6. The summed E-state index contributed by atoms with van der Waals surface area (Å²) in [4.78, 5) is 40.1. The smallest absolute Gasteiger partial charge is 0.416 e. The Morgan fingerprint density at radius 2 is 1.93 bits per heavy atom. The molecule has 2 fully saturated rings. The zero-order valence-corrected chi connectivity index (χ0v) is 21.7. The number of hydrogen-bond donors (Lipinski definition) is 1. The van der Waals surface area contributed by atoms with Crippen molar-refractivity contribution in [3.8, 4) is 11.3 Å². The predicted molar refractivity (Wildman–Crippen MR) is 143 cm³/mol. The van der Waals surface area contributed by atoms with Crippen LogP contribution in [-0.4, -0.2) is 54.8 Å². The van der Waals surface area contributed by atoms with Crippen molar-refractivity contribution >= 4 is 23.2 Å². The number of Topliss-reactive ketones (excluding diaryl/α,β-unsaturated/α-hetero) is 1. The van der Waals surface area contributed by atoms with E-state index in [0.717, 1.165) is 37.0 Å². The number of nitrogens with zero attached hydrogens (tertiary/aromatic N) is 5. The molecule has 0 bridgehead atoms. The molecular weight excluding hydrogens is 537 g/mol. The monoisotopic (exact) mass is 562 g/mol. The molecule has 0 unspecified atom stereocenters. The fourth-order valence-corrected chi connectivity index (χ4v) is 5.63. The Morgan fingerprint density at radius 1 is 1.15 bits per heavy atom. The molecule has 0 saturated carbocycles. The van der Waals surface area contributed by atoms with Crippen LogP contribution in [0.1, 0.15) is 46.2 Å². The molecule has 2 aliphatic heterocycles. The number of halogens is 3. The number of carbonyl (C=O) groups excluding carboxylic acids is 2. The number of alkyl halides is 3. The summed E-state index contributed by atoms with van der Waals surface area (Å²) < 4.78 is 46.4. The number of amides is 1. The quantitative estimate of drug-likeness (QED) is 0.258. The van der Waals surface area contributed by atoms with E-state index in [0.29, 0.717) is 28.9 Å². The Balaban J connectivity index is 1.27.